The van der Waals surface area contributed by atoms with Crippen molar-refractivity contribution in [2.45, 2.75) is 50.4 Å². The molecule has 226 valence electrons. The molecular formula is C31H31F2N9O2. The van der Waals surface area contributed by atoms with Crippen molar-refractivity contribution in [1.29, 1.82) is 10.5 Å². The molecule has 4 aromatic rings. The van der Waals surface area contributed by atoms with Gasteiger partial charge in [-0.15, -0.1) is 0 Å². The van der Waals surface area contributed by atoms with E-state index in [-0.39, 0.29) is 46.6 Å². The van der Waals surface area contributed by atoms with Crippen LogP contribution < -0.4 is 20.7 Å². The minimum absolute atomic E-state index is 0.0499. The molecule has 3 atom stereocenters. The van der Waals surface area contributed by atoms with Crippen LogP contribution >= 0.6 is 0 Å². The summed E-state index contributed by atoms with van der Waals surface area (Å²) in [7, 11) is 0. The first kappa shape index (κ1) is 28.2. The number of anilines is 2. The van der Waals surface area contributed by atoms with Crippen molar-refractivity contribution in [2.24, 2.45) is 0 Å². The smallest absolute Gasteiger partial charge is 0.319 e. The Labute approximate surface area is 252 Å². The molecule has 0 aliphatic carbocycles. The third kappa shape index (κ3) is 4.64. The van der Waals surface area contributed by atoms with Gasteiger partial charge in [0.1, 0.15) is 41.3 Å². The second-order valence-electron chi connectivity index (χ2n) is 11.9. The van der Waals surface area contributed by atoms with Crippen LogP contribution in [0.15, 0.2) is 22.6 Å². The number of nitriles is 2. The first-order valence-electron chi connectivity index (χ1n) is 14.8. The molecule has 3 aromatic heterocycles. The maximum absolute atomic E-state index is 15.6. The van der Waals surface area contributed by atoms with Crippen LogP contribution in [0.5, 0.6) is 6.01 Å². The van der Waals surface area contributed by atoms with Gasteiger partial charge >= 0.3 is 6.01 Å². The van der Waals surface area contributed by atoms with E-state index in [1.165, 1.54) is 12.1 Å². The zero-order chi connectivity index (χ0) is 30.6. The van der Waals surface area contributed by atoms with Gasteiger partial charge in [-0.3, -0.25) is 4.90 Å². The molecule has 1 aromatic carbocycles. The highest BCUT2D eigenvalue weighted by Crippen LogP contribution is 2.42. The molecule has 0 radical (unpaired) electrons. The molecule has 11 nitrogen and oxygen atoms in total. The number of furan rings is 1. The molecule has 0 spiro atoms. The molecule has 3 aliphatic rings. The highest BCUT2D eigenvalue weighted by Gasteiger charge is 2.49. The summed E-state index contributed by atoms with van der Waals surface area (Å²) in [6.45, 7) is 5.03. The number of nitrogens with zero attached hydrogens (tertiary/aromatic N) is 7. The summed E-state index contributed by atoms with van der Waals surface area (Å²) < 4.78 is 41.8. The van der Waals surface area contributed by atoms with Gasteiger partial charge in [-0.25, -0.2) is 13.8 Å². The van der Waals surface area contributed by atoms with E-state index in [1.807, 2.05) is 6.07 Å². The molecule has 6 heterocycles. The third-order valence-electron chi connectivity index (χ3n) is 9.16. The van der Waals surface area contributed by atoms with Gasteiger partial charge in [0.05, 0.1) is 28.9 Å². The normalized spacial score (nSPS) is 23.6. The predicted molar refractivity (Wildman–Crippen MR) is 159 cm³/mol. The SMILES string of the molecule is Cc1nc2c(N3CCN[C@@H](CC#N)C3)nc(OCC34CCCN3C[C@H](F)C4)nc2cc1-c1c(F)ccc2oc(N)c(C#N)c12. The van der Waals surface area contributed by atoms with Gasteiger partial charge < -0.3 is 25.1 Å². The van der Waals surface area contributed by atoms with Crippen molar-refractivity contribution >= 4 is 33.7 Å². The standard InChI is InChI=1S/C31H31F2N9O2/c1-17-20(25-22(33)3-4-24-26(25)21(13-35)28(36)44-24)11-23-27(38-17)29(41-10-8-37-19(15-41)5-7-34)40-30(39-23)43-16-31-6-2-9-42(31)14-18(32)12-31/h3-4,11,18-19,37H,2,5-6,8-10,12,14-16,36H2,1H3/t18-,19+,31?/m1/s1. The lowest BCUT2D eigenvalue weighted by Gasteiger charge is -2.34. The Morgan fingerprint density at radius 2 is 2.09 bits per heavy atom. The second-order valence-corrected chi connectivity index (χ2v) is 11.9. The van der Waals surface area contributed by atoms with Gasteiger partial charge in [-0.05, 0) is 44.5 Å². The third-order valence-corrected chi connectivity index (χ3v) is 9.16. The molecule has 3 N–H and O–H groups in total. The van der Waals surface area contributed by atoms with E-state index in [0.717, 1.165) is 19.4 Å². The number of alkyl halides is 1. The highest BCUT2D eigenvalue weighted by atomic mass is 19.1. The van der Waals surface area contributed by atoms with Gasteiger partial charge in [0.15, 0.2) is 5.82 Å². The topological polar surface area (TPSA) is 153 Å². The number of nitrogens with two attached hydrogens (primary N) is 1. The number of rotatable bonds is 6. The quantitative estimate of drug-likeness (QED) is 0.331. The number of piperazine rings is 1. The lowest BCUT2D eigenvalue weighted by Crippen LogP contribution is -2.51. The molecule has 0 amide bonds. The first-order valence-corrected chi connectivity index (χ1v) is 14.8. The van der Waals surface area contributed by atoms with E-state index in [9.17, 15) is 14.9 Å². The molecule has 3 aliphatic heterocycles. The molecule has 1 unspecified atom stereocenters. The fourth-order valence-corrected chi connectivity index (χ4v) is 7.12. The predicted octanol–water partition coefficient (Wildman–Crippen LogP) is 3.99. The van der Waals surface area contributed by atoms with E-state index in [0.29, 0.717) is 67.1 Å². The molecule has 7 rings (SSSR count). The van der Waals surface area contributed by atoms with Crippen LogP contribution in [0.1, 0.15) is 36.9 Å². The number of aromatic nitrogens is 3. The van der Waals surface area contributed by atoms with Crippen LogP contribution in [0.3, 0.4) is 0 Å². The summed E-state index contributed by atoms with van der Waals surface area (Å²) in [6.07, 6.45) is 1.66. The van der Waals surface area contributed by atoms with Gasteiger partial charge in [-0.2, -0.15) is 20.5 Å². The van der Waals surface area contributed by atoms with Gasteiger partial charge in [0.25, 0.3) is 0 Å². The number of aryl methyl sites for hydroxylation is 1. The number of fused-ring (bicyclic) bond motifs is 3. The number of nitrogens with one attached hydrogen (secondary N) is 1. The van der Waals surface area contributed by atoms with Crippen LogP contribution in [0.4, 0.5) is 20.5 Å². The minimum atomic E-state index is -0.896. The van der Waals surface area contributed by atoms with E-state index in [1.54, 1.807) is 13.0 Å². The van der Waals surface area contributed by atoms with Gasteiger partial charge in [0, 0.05) is 55.5 Å². The van der Waals surface area contributed by atoms with Gasteiger partial charge in [-0.1, -0.05) is 0 Å². The number of hydrogen-bond acceptors (Lipinski definition) is 11. The second kappa shape index (κ2) is 10.8. The number of hydrogen-bond donors (Lipinski definition) is 2. The Bertz CT molecular complexity index is 1870. The Hall–Kier alpha value is -4.59. The molecule has 3 saturated heterocycles. The van der Waals surface area contributed by atoms with Crippen LogP contribution in [0.25, 0.3) is 33.1 Å². The average Bonchev–Trinajstić information content (AvgIpc) is 3.64. The fourth-order valence-electron chi connectivity index (χ4n) is 7.12. The van der Waals surface area contributed by atoms with Crippen molar-refractivity contribution < 1.29 is 17.9 Å². The Kier molecular flexibility index (Phi) is 6.95. The van der Waals surface area contributed by atoms with Crippen LogP contribution in [-0.2, 0) is 0 Å². The van der Waals surface area contributed by atoms with Crippen LogP contribution in [0, 0.1) is 35.4 Å². The molecule has 3 fully saturated rings. The lowest BCUT2D eigenvalue weighted by molar-refractivity contribution is 0.107. The number of ether oxygens (including phenoxy) is 1. The summed E-state index contributed by atoms with van der Waals surface area (Å²) >= 11 is 0. The zero-order valence-corrected chi connectivity index (χ0v) is 24.2. The Balaban J connectivity index is 1.36. The molecule has 0 bridgehead atoms. The Morgan fingerprint density at radius 3 is 2.91 bits per heavy atom. The van der Waals surface area contributed by atoms with E-state index < -0.39 is 17.5 Å². The van der Waals surface area contributed by atoms with Crippen molar-refractivity contribution in [3.8, 4) is 29.3 Å². The summed E-state index contributed by atoms with van der Waals surface area (Å²) in [5, 5.41) is 22.7. The molecular weight excluding hydrogens is 568 g/mol. The summed E-state index contributed by atoms with van der Waals surface area (Å²) in [5.41, 5.74) is 7.88. The largest absolute Gasteiger partial charge is 0.461 e. The highest BCUT2D eigenvalue weighted by molar-refractivity contribution is 6.03. The molecule has 13 heteroatoms. The van der Waals surface area contributed by atoms with Crippen molar-refractivity contribution in [1.82, 2.24) is 25.2 Å². The summed E-state index contributed by atoms with van der Waals surface area (Å²) in [4.78, 5) is 18.6. The Morgan fingerprint density at radius 1 is 1.23 bits per heavy atom. The van der Waals surface area contributed by atoms with Crippen LogP contribution in [0.2, 0.25) is 0 Å². The van der Waals surface area contributed by atoms with Crippen molar-refractivity contribution in [3.63, 3.8) is 0 Å². The summed E-state index contributed by atoms with van der Waals surface area (Å²) in [6, 6.07) is 8.76. The van der Waals surface area contributed by atoms with E-state index in [2.05, 4.69) is 21.2 Å². The van der Waals surface area contributed by atoms with Gasteiger partial charge in [0.2, 0.25) is 5.88 Å². The first-order chi connectivity index (χ1) is 21.3. The van der Waals surface area contributed by atoms with E-state index >= 15 is 4.39 Å². The number of pyridine rings is 1. The lowest BCUT2D eigenvalue weighted by atomic mass is 9.95. The van der Waals surface area contributed by atoms with Crippen molar-refractivity contribution in [2.75, 3.05) is 50.0 Å². The van der Waals surface area contributed by atoms with Crippen LogP contribution in [-0.4, -0.2) is 76.9 Å². The molecule has 0 saturated carbocycles. The maximum atomic E-state index is 15.6. The van der Waals surface area contributed by atoms with E-state index in [4.69, 9.17) is 29.8 Å². The fraction of sp³-hybridized carbons (Fsp3) is 0.452. The number of nitrogen functional groups attached to an aromatic ring is 1. The summed E-state index contributed by atoms with van der Waals surface area (Å²) in [5.74, 6) is -0.105. The van der Waals surface area contributed by atoms with Crippen molar-refractivity contribution in [3.05, 3.63) is 35.3 Å². The molecule has 44 heavy (non-hydrogen) atoms. The maximum Gasteiger partial charge on any atom is 0.319 e. The minimum Gasteiger partial charge on any atom is -0.461 e. The zero-order valence-electron chi connectivity index (χ0n) is 24.2. The monoisotopic (exact) mass is 599 g/mol. The number of halogens is 2. The number of benzene rings is 1. The average molecular weight is 600 g/mol.